The Labute approximate surface area is 191 Å². The van der Waals surface area contributed by atoms with E-state index < -0.39 is 0 Å². The lowest BCUT2D eigenvalue weighted by Crippen LogP contribution is -2.38. The summed E-state index contributed by atoms with van der Waals surface area (Å²) < 4.78 is 1.09. The Balaban J connectivity index is 0.00000300. The van der Waals surface area contributed by atoms with Crippen molar-refractivity contribution in [2.75, 3.05) is 37.3 Å². The molecule has 0 aliphatic rings. The number of para-hydroxylation sites is 1. The largest absolute Gasteiger partial charge is 0.302 e. The van der Waals surface area contributed by atoms with Crippen molar-refractivity contribution in [2.45, 2.75) is 18.7 Å². The minimum absolute atomic E-state index is 0. The number of fused-ring (bicyclic) bond motifs is 1. The van der Waals surface area contributed by atoms with Crippen molar-refractivity contribution in [3.63, 3.8) is 0 Å². The zero-order valence-electron chi connectivity index (χ0n) is 16.7. The van der Waals surface area contributed by atoms with Gasteiger partial charge in [-0.1, -0.05) is 48.9 Å². The molecule has 0 radical (unpaired) electrons. The van der Waals surface area contributed by atoms with Gasteiger partial charge in [0.2, 0.25) is 0 Å². The molecule has 1 heterocycles. The summed E-state index contributed by atoms with van der Waals surface area (Å²) in [5.41, 5.74) is 1.54. The molecule has 2 aromatic carbocycles. The van der Waals surface area contributed by atoms with Crippen molar-refractivity contribution >= 4 is 68.4 Å². The molecule has 4 nitrogen and oxygen atoms in total. The number of carbonyl (C=O) groups excluding carboxylic acids is 1. The quantitative estimate of drug-likeness (QED) is 0.374. The number of nitrogens with zero attached hydrogens (tertiary/aromatic N) is 3. The monoisotopic (exact) mass is 469 g/mol. The van der Waals surface area contributed by atoms with E-state index in [1.54, 1.807) is 46.2 Å². The fourth-order valence-corrected chi connectivity index (χ4v) is 4.87. The maximum atomic E-state index is 13.3. The fraction of sp³-hybridized carbons (Fsp3) is 0.333. The standard InChI is InChI=1S/C21H24ClN3OS2.ClH/c1-4-24(5-2)12-13-25(20(26)15-8-6-9-16(22)14-15)21-23-19-17(27-3)10-7-11-18(19)28-21;/h6-11,14H,4-5,12-13H2,1-3H3;1H. The maximum Gasteiger partial charge on any atom is 0.260 e. The second kappa shape index (κ2) is 11.2. The molecule has 3 aromatic rings. The number of hydrogen-bond acceptors (Lipinski definition) is 5. The number of thioether (sulfide) groups is 1. The first-order valence-corrected chi connectivity index (χ1v) is 11.7. The molecule has 8 heteroatoms. The lowest BCUT2D eigenvalue weighted by molar-refractivity contribution is 0.0984. The van der Waals surface area contributed by atoms with Gasteiger partial charge in [0.05, 0.1) is 10.2 Å². The molecule has 0 saturated carbocycles. The number of benzene rings is 2. The third-order valence-electron chi connectivity index (χ3n) is 4.67. The van der Waals surface area contributed by atoms with E-state index in [0.29, 0.717) is 17.1 Å². The topological polar surface area (TPSA) is 36.4 Å². The highest BCUT2D eigenvalue weighted by Crippen LogP contribution is 2.34. The summed E-state index contributed by atoms with van der Waals surface area (Å²) in [7, 11) is 0. The highest BCUT2D eigenvalue weighted by atomic mass is 35.5. The Bertz CT molecular complexity index is 960. The molecule has 0 bridgehead atoms. The zero-order valence-corrected chi connectivity index (χ0v) is 19.9. The van der Waals surface area contributed by atoms with Crippen LogP contribution in [0.3, 0.4) is 0 Å². The van der Waals surface area contributed by atoms with Gasteiger partial charge in [0.1, 0.15) is 0 Å². The first-order valence-electron chi connectivity index (χ1n) is 9.30. The number of carbonyl (C=O) groups is 1. The molecule has 0 atom stereocenters. The molecule has 0 fully saturated rings. The lowest BCUT2D eigenvalue weighted by atomic mass is 10.2. The van der Waals surface area contributed by atoms with Crippen LogP contribution in [-0.4, -0.2) is 48.2 Å². The van der Waals surface area contributed by atoms with Gasteiger partial charge in [-0.25, -0.2) is 4.98 Å². The summed E-state index contributed by atoms with van der Waals surface area (Å²) in [6.45, 7) is 7.55. The van der Waals surface area contributed by atoms with E-state index in [1.165, 1.54) is 0 Å². The second-order valence-corrected chi connectivity index (χ2v) is 8.59. The SMILES string of the molecule is CCN(CC)CCN(C(=O)c1cccc(Cl)c1)c1nc2c(SC)cccc2s1.Cl. The second-order valence-electron chi connectivity index (χ2n) is 6.30. The summed E-state index contributed by atoms with van der Waals surface area (Å²) in [5.74, 6) is -0.0700. The van der Waals surface area contributed by atoms with Gasteiger partial charge in [-0.05, 0) is 49.7 Å². The fourth-order valence-electron chi connectivity index (χ4n) is 3.03. The predicted molar refractivity (Wildman–Crippen MR) is 130 cm³/mol. The van der Waals surface area contributed by atoms with Crippen molar-refractivity contribution in [2.24, 2.45) is 0 Å². The number of anilines is 1. The third-order valence-corrected chi connectivity index (χ3v) is 6.72. The van der Waals surface area contributed by atoms with Gasteiger partial charge in [0.15, 0.2) is 5.13 Å². The Morgan fingerprint density at radius 3 is 2.52 bits per heavy atom. The Hall–Kier alpha value is -1.31. The van der Waals surface area contributed by atoms with Gasteiger partial charge < -0.3 is 4.90 Å². The molecule has 0 unspecified atom stereocenters. The van der Waals surface area contributed by atoms with E-state index in [1.807, 2.05) is 18.4 Å². The normalized spacial score (nSPS) is 10.9. The van der Waals surface area contributed by atoms with Crippen LogP contribution in [0.5, 0.6) is 0 Å². The van der Waals surface area contributed by atoms with Crippen molar-refractivity contribution in [3.8, 4) is 0 Å². The van der Waals surface area contributed by atoms with E-state index >= 15 is 0 Å². The van der Waals surface area contributed by atoms with E-state index in [4.69, 9.17) is 16.6 Å². The van der Waals surface area contributed by atoms with E-state index in [2.05, 4.69) is 30.9 Å². The van der Waals surface area contributed by atoms with E-state index in [0.717, 1.165) is 39.9 Å². The average molecular weight is 470 g/mol. The third kappa shape index (κ3) is 5.64. The Morgan fingerprint density at radius 2 is 1.86 bits per heavy atom. The van der Waals surface area contributed by atoms with Crippen LogP contribution in [0, 0.1) is 0 Å². The number of likely N-dealkylation sites (N-methyl/N-ethyl adjacent to an activating group) is 1. The van der Waals surface area contributed by atoms with Gasteiger partial charge in [-0.3, -0.25) is 9.69 Å². The number of amides is 1. The first-order chi connectivity index (χ1) is 13.6. The lowest BCUT2D eigenvalue weighted by Gasteiger charge is -2.24. The van der Waals surface area contributed by atoms with Crippen LogP contribution in [0.15, 0.2) is 47.4 Å². The van der Waals surface area contributed by atoms with Crippen LogP contribution in [-0.2, 0) is 0 Å². The molecular weight excluding hydrogens is 445 g/mol. The van der Waals surface area contributed by atoms with Gasteiger partial charge in [-0.2, -0.15) is 0 Å². The van der Waals surface area contributed by atoms with Crippen LogP contribution in [0.4, 0.5) is 5.13 Å². The molecule has 0 aliphatic carbocycles. The molecule has 0 aliphatic heterocycles. The van der Waals surface area contributed by atoms with Crippen LogP contribution in [0.1, 0.15) is 24.2 Å². The van der Waals surface area contributed by atoms with Gasteiger partial charge in [0.25, 0.3) is 5.91 Å². The van der Waals surface area contributed by atoms with Crippen molar-refractivity contribution < 1.29 is 4.79 Å². The number of halogens is 2. The number of thiazole rings is 1. The predicted octanol–water partition coefficient (Wildman–Crippen LogP) is 6.08. The van der Waals surface area contributed by atoms with Crippen LogP contribution >= 0.6 is 47.1 Å². The molecule has 29 heavy (non-hydrogen) atoms. The Morgan fingerprint density at radius 1 is 1.14 bits per heavy atom. The minimum atomic E-state index is -0.0700. The van der Waals surface area contributed by atoms with Crippen LogP contribution < -0.4 is 4.90 Å². The van der Waals surface area contributed by atoms with Gasteiger partial charge >= 0.3 is 0 Å². The maximum absolute atomic E-state index is 13.3. The average Bonchev–Trinajstić information content (AvgIpc) is 3.14. The van der Waals surface area contributed by atoms with E-state index in [-0.39, 0.29) is 18.3 Å². The Kier molecular flexibility index (Phi) is 9.24. The first kappa shape index (κ1) is 24.0. The number of hydrogen-bond donors (Lipinski definition) is 0. The summed E-state index contributed by atoms with van der Waals surface area (Å²) in [5, 5.41) is 1.29. The van der Waals surface area contributed by atoms with Crippen molar-refractivity contribution in [3.05, 3.63) is 53.1 Å². The summed E-state index contributed by atoms with van der Waals surface area (Å²) >= 11 is 9.35. The molecule has 0 saturated heterocycles. The smallest absolute Gasteiger partial charge is 0.260 e. The highest BCUT2D eigenvalue weighted by Gasteiger charge is 2.22. The van der Waals surface area contributed by atoms with Gasteiger partial charge in [0, 0.05) is 28.6 Å². The molecule has 1 aromatic heterocycles. The van der Waals surface area contributed by atoms with Crippen molar-refractivity contribution in [1.82, 2.24) is 9.88 Å². The molecular formula is C21H25Cl2N3OS2. The molecule has 1 amide bonds. The molecule has 0 spiro atoms. The van der Waals surface area contributed by atoms with Gasteiger partial charge in [-0.15, -0.1) is 24.2 Å². The highest BCUT2D eigenvalue weighted by molar-refractivity contribution is 7.98. The van der Waals surface area contributed by atoms with E-state index in [9.17, 15) is 4.79 Å². The molecule has 0 N–H and O–H groups in total. The number of aromatic nitrogens is 1. The zero-order chi connectivity index (χ0) is 20.1. The summed E-state index contributed by atoms with van der Waals surface area (Å²) in [6.07, 6.45) is 2.04. The molecule has 156 valence electrons. The van der Waals surface area contributed by atoms with Crippen LogP contribution in [0.2, 0.25) is 5.02 Å². The minimum Gasteiger partial charge on any atom is -0.302 e. The summed E-state index contributed by atoms with van der Waals surface area (Å²) in [6, 6.07) is 13.3. The van der Waals surface area contributed by atoms with Crippen molar-refractivity contribution in [1.29, 1.82) is 0 Å². The summed E-state index contributed by atoms with van der Waals surface area (Å²) in [4.78, 5) is 23.4. The number of rotatable bonds is 8. The molecule has 3 rings (SSSR count). The van der Waals surface area contributed by atoms with Crippen LogP contribution in [0.25, 0.3) is 10.2 Å².